The van der Waals surface area contributed by atoms with Gasteiger partial charge in [-0.05, 0) is 56.1 Å². The molecule has 1 saturated heterocycles. The van der Waals surface area contributed by atoms with Crippen LogP contribution >= 0.6 is 11.6 Å². The van der Waals surface area contributed by atoms with Crippen molar-refractivity contribution < 1.29 is 22.3 Å². The highest BCUT2D eigenvalue weighted by Crippen LogP contribution is 2.38. The minimum absolute atomic E-state index is 0.0114. The van der Waals surface area contributed by atoms with E-state index < -0.39 is 11.7 Å². The van der Waals surface area contributed by atoms with Gasteiger partial charge in [-0.3, -0.25) is 4.79 Å². The second kappa shape index (κ2) is 8.93. The number of hydrogen-bond donors (Lipinski definition) is 0. The van der Waals surface area contributed by atoms with Gasteiger partial charge >= 0.3 is 6.18 Å². The van der Waals surface area contributed by atoms with Gasteiger partial charge in [0.2, 0.25) is 0 Å². The lowest BCUT2D eigenvalue weighted by Crippen LogP contribution is -2.22. The predicted octanol–water partition coefficient (Wildman–Crippen LogP) is 5.81. The minimum Gasteiger partial charge on any atom is -0.493 e. The van der Waals surface area contributed by atoms with Crippen LogP contribution in [0.4, 0.5) is 13.2 Å². The van der Waals surface area contributed by atoms with Crippen LogP contribution in [-0.4, -0.2) is 31.1 Å². The van der Waals surface area contributed by atoms with Gasteiger partial charge in [0.15, 0.2) is 11.0 Å². The summed E-state index contributed by atoms with van der Waals surface area (Å²) in [5.74, 6) is 0.112. The molecule has 4 nitrogen and oxygen atoms in total. The largest absolute Gasteiger partial charge is 0.493 e. The third-order valence-electron chi connectivity index (χ3n) is 5.19. The number of likely N-dealkylation sites (tertiary alicyclic amines) is 1. The van der Waals surface area contributed by atoms with Gasteiger partial charge in [0, 0.05) is 19.2 Å². The number of ether oxygens (including phenoxy) is 1. The molecule has 0 N–H and O–H groups in total. The molecule has 31 heavy (non-hydrogen) atoms. The van der Waals surface area contributed by atoms with Crippen molar-refractivity contribution in [1.82, 2.24) is 4.90 Å². The molecule has 1 radical (unpaired) electrons. The van der Waals surface area contributed by atoms with Gasteiger partial charge in [0.05, 0.1) is 28.1 Å². The molecular weight excluding hydrogens is 431 g/mol. The Morgan fingerprint density at radius 1 is 1.16 bits per heavy atom. The van der Waals surface area contributed by atoms with E-state index in [2.05, 4.69) is 11.3 Å². The molecule has 1 aromatic heterocycles. The van der Waals surface area contributed by atoms with Crippen LogP contribution in [0, 0.1) is 6.42 Å². The Balaban J connectivity index is 1.66. The molecule has 0 amide bonds. The molecule has 0 unspecified atom stereocenters. The zero-order valence-corrected chi connectivity index (χ0v) is 17.3. The Labute approximate surface area is 182 Å². The van der Waals surface area contributed by atoms with Crippen LogP contribution in [0.5, 0.6) is 5.75 Å². The van der Waals surface area contributed by atoms with Gasteiger partial charge in [0.1, 0.15) is 11.5 Å². The van der Waals surface area contributed by atoms with Crippen LogP contribution in [0.25, 0.3) is 22.3 Å². The first-order valence-electron chi connectivity index (χ1n) is 9.94. The van der Waals surface area contributed by atoms with Gasteiger partial charge in [0.25, 0.3) is 0 Å². The van der Waals surface area contributed by atoms with Crippen molar-refractivity contribution in [3.05, 3.63) is 69.7 Å². The molecule has 1 aliphatic heterocycles. The molecule has 0 bridgehead atoms. The van der Waals surface area contributed by atoms with Crippen molar-refractivity contribution in [3.8, 4) is 17.1 Å². The average Bonchev–Trinajstić information content (AvgIpc) is 3.25. The normalized spacial score (nSPS) is 15.0. The molecular formula is C23H20ClF3NO3. The standard InChI is InChI=1S/C23H20ClF3NO3/c24-18-6-3-5-16-19(29)14-21(31-22(16)18)17-8-7-15(23(25,26)27)13-20(17)30-12-4-11-28-9-1-2-10-28/h1,3,5-8,13-14H,2,4,9-12H2. The highest BCUT2D eigenvalue weighted by atomic mass is 35.5. The van der Waals surface area contributed by atoms with E-state index in [4.69, 9.17) is 20.8 Å². The lowest BCUT2D eigenvalue weighted by Gasteiger charge is -2.17. The Kier molecular flexibility index (Phi) is 6.25. The van der Waals surface area contributed by atoms with E-state index in [9.17, 15) is 18.0 Å². The first-order chi connectivity index (χ1) is 14.8. The molecule has 0 aliphatic carbocycles. The maximum absolute atomic E-state index is 13.3. The fourth-order valence-corrected chi connectivity index (χ4v) is 3.82. The summed E-state index contributed by atoms with van der Waals surface area (Å²) in [4.78, 5) is 14.8. The maximum atomic E-state index is 13.3. The van der Waals surface area contributed by atoms with Crippen molar-refractivity contribution in [2.24, 2.45) is 0 Å². The topological polar surface area (TPSA) is 42.7 Å². The first kappa shape index (κ1) is 21.7. The number of halogens is 4. The lowest BCUT2D eigenvalue weighted by atomic mass is 10.1. The van der Waals surface area contributed by atoms with E-state index in [0.717, 1.165) is 38.2 Å². The third-order valence-corrected chi connectivity index (χ3v) is 5.49. The molecule has 163 valence electrons. The molecule has 1 fully saturated rings. The van der Waals surface area contributed by atoms with E-state index in [-0.39, 0.29) is 39.7 Å². The summed E-state index contributed by atoms with van der Waals surface area (Å²) in [6, 6.07) is 9.18. The van der Waals surface area contributed by atoms with Gasteiger partial charge in [-0.1, -0.05) is 17.7 Å². The molecule has 0 saturated carbocycles. The summed E-state index contributed by atoms with van der Waals surface area (Å²) >= 11 is 6.16. The Morgan fingerprint density at radius 3 is 2.74 bits per heavy atom. The van der Waals surface area contributed by atoms with Crippen LogP contribution in [0.2, 0.25) is 5.02 Å². The second-order valence-corrected chi connectivity index (χ2v) is 7.79. The third kappa shape index (κ3) is 4.88. The van der Waals surface area contributed by atoms with Crippen LogP contribution in [0.3, 0.4) is 0 Å². The number of alkyl halides is 3. The van der Waals surface area contributed by atoms with Gasteiger partial charge in [-0.15, -0.1) is 0 Å². The van der Waals surface area contributed by atoms with Crippen LogP contribution in [0.15, 0.2) is 51.7 Å². The summed E-state index contributed by atoms with van der Waals surface area (Å²) in [7, 11) is 0. The van der Waals surface area contributed by atoms with E-state index in [1.807, 2.05) is 0 Å². The minimum atomic E-state index is -4.52. The number of benzene rings is 2. The number of rotatable bonds is 6. The summed E-state index contributed by atoms with van der Waals surface area (Å²) in [5, 5.41) is 0.543. The number of nitrogens with zero attached hydrogens (tertiary/aromatic N) is 1. The van der Waals surface area contributed by atoms with E-state index in [0.29, 0.717) is 11.8 Å². The first-order valence-corrected chi connectivity index (χ1v) is 10.3. The van der Waals surface area contributed by atoms with Gasteiger partial charge in [-0.2, -0.15) is 13.2 Å². The van der Waals surface area contributed by atoms with Crippen LogP contribution < -0.4 is 10.2 Å². The van der Waals surface area contributed by atoms with Gasteiger partial charge < -0.3 is 14.1 Å². The van der Waals surface area contributed by atoms with Crippen LogP contribution in [-0.2, 0) is 6.18 Å². The van der Waals surface area contributed by atoms with E-state index in [1.165, 1.54) is 12.1 Å². The molecule has 2 heterocycles. The summed E-state index contributed by atoms with van der Waals surface area (Å²) in [6.07, 6.45) is -0.618. The van der Waals surface area contributed by atoms with Crippen molar-refractivity contribution in [2.75, 3.05) is 26.2 Å². The zero-order chi connectivity index (χ0) is 22.0. The highest BCUT2D eigenvalue weighted by Gasteiger charge is 2.31. The van der Waals surface area contributed by atoms with Crippen molar-refractivity contribution >= 4 is 22.6 Å². The van der Waals surface area contributed by atoms with Crippen molar-refractivity contribution in [1.29, 1.82) is 0 Å². The number of hydrogen-bond acceptors (Lipinski definition) is 4. The summed E-state index contributed by atoms with van der Waals surface area (Å²) < 4.78 is 51.3. The molecule has 0 atom stereocenters. The fraction of sp³-hybridized carbons (Fsp3) is 0.304. The SMILES string of the molecule is O=c1cc(-c2ccc(C(F)(F)F)cc2OCCCN2C[CH]CC2)oc2c(Cl)cccc12. The maximum Gasteiger partial charge on any atom is 0.416 e. The number of para-hydroxylation sites is 1. The van der Waals surface area contributed by atoms with Crippen molar-refractivity contribution in [2.45, 2.75) is 19.0 Å². The Bertz CT molecular complexity index is 1140. The molecule has 4 rings (SSSR count). The number of fused-ring (bicyclic) bond motifs is 1. The molecule has 1 aliphatic rings. The Morgan fingerprint density at radius 2 is 2.00 bits per heavy atom. The summed E-state index contributed by atoms with van der Waals surface area (Å²) in [5.41, 5.74) is -0.722. The average molecular weight is 451 g/mol. The molecule has 3 aromatic rings. The van der Waals surface area contributed by atoms with E-state index >= 15 is 0 Å². The summed E-state index contributed by atoms with van der Waals surface area (Å²) in [6.45, 7) is 2.93. The monoisotopic (exact) mass is 450 g/mol. The Hall–Kier alpha value is -2.51. The smallest absolute Gasteiger partial charge is 0.416 e. The quantitative estimate of drug-likeness (QED) is 0.444. The lowest BCUT2D eigenvalue weighted by molar-refractivity contribution is -0.137. The zero-order valence-electron chi connectivity index (χ0n) is 16.5. The predicted molar refractivity (Wildman–Crippen MR) is 113 cm³/mol. The van der Waals surface area contributed by atoms with Crippen LogP contribution in [0.1, 0.15) is 18.4 Å². The second-order valence-electron chi connectivity index (χ2n) is 7.38. The molecule has 2 aromatic carbocycles. The van der Waals surface area contributed by atoms with Crippen molar-refractivity contribution in [3.63, 3.8) is 0 Å². The molecule has 0 spiro atoms. The van der Waals surface area contributed by atoms with E-state index in [1.54, 1.807) is 18.2 Å². The highest BCUT2D eigenvalue weighted by molar-refractivity contribution is 6.34. The fourth-order valence-electron chi connectivity index (χ4n) is 3.61. The van der Waals surface area contributed by atoms with Gasteiger partial charge in [-0.25, -0.2) is 0 Å². The molecule has 8 heteroatoms.